The van der Waals surface area contributed by atoms with Gasteiger partial charge in [-0.2, -0.15) is 18.3 Å². The molecule has 1 fully saturated rings. The molecule has 1 aliphatic carbocycles. The number of nitrogens with two attached hydrogens (primary N) is 2. The van der Waals surface area contributed by atoms with Crippen molar-refractivity contribution >= 4 is 5.84 Å². The fraction of sp³-hybridized carbons (Fsp3) is 0.379. The number of aromatic nitrogens is 1. The maximum Gasteiger partial charge on any atom is 0.389 e. The Morgan fingerprint density at radius 2 is 1.80 bits per heavy atom. The van der Waals surface area contributed by atoms with Crippen molar-refractivity contribution in [2.75, 3.05) is 13.2 Å². The Bertz CT molecular complexity index is 1380. The van der Waals surface area contributed by atoms with Gasteiger partial charge in [-0.05, 0) is 74.3 Å². The molecule has 0 amide bonds. The highest BCUT2D eigenvalue weighted by Gasteiger charge is 2.26. The molecule has 0 unspecified atom stereocenters. The van der Waals surface area contributed by atoms with E-state index in [1.165, 1.54) is 18.4 Å². The van der Waals surface area contributed by atoms with Gasteiger partial charge in [0.15, 0.2) is 5.84 Å². The number of amidine groups is 1. The zero-order valence-electron chi connectivity index (χ0n) is 22.3. The summed E-state index contributed by atoms with van der Waals surface area (Å²) in [5.74, 6) is 12.8. The van der Waals surface area contributed by atoms with Gasteiger partial charge in [0.2, 0.25) is 0 Å². The fourth-order valence-corrected chi connectivity index (χ4v) is 4.58. The summed E-state index contributed by atoms with van der Waals surface area (Å²) in [6.45, 7) is 2.49. The Labute approximate surface area is 230 Å². The molecule has 1 heterocycles. The number of benzene rings is 2. The van der Waals surface area contributed by atoms with Gasteiger partial charge in [0.05, 0.1) is 24.5 Å². The predicted molar refractivity (Wildman–Crippen MR) is 149 cm³/mol. The van der Waals surface area contributed by atoms with Gasteiger partial charge in [-0.1, -0.05) is 24.3 Å². The Hall–Kier alpha value is -3.99. The number of halogens is 3. The van der Waals surface area contributed by atoms with Crippen LogP contribution >= 0.6 is 0 Å². The monoisotopic (exact) mass is 557 g/mol. The molecule has 1 aromatic heterocycles. The minimum Gasteiger partial charge on any atom is -0.493 e. The molecule has 3 aromatic rings. The lowest BCUT2D eigenvalue weighted by atomic mass is 9.96. The molecule has 6 N–H and O–H groups in total. The number of hydrazone groups is 1. The van der Waals surface area contributed by atoms with Gasteiger partial charge in [-0.25, -0.2) is 5.84 Å². The molecular formula is C29H34F3N5O3. The second-order valence-corrected chi connectivity index (χ2v) is 9.68. The smallest absolute Gasteiger partial charge is 0.389 e. The second kappa shape index (κ2) is 12.9. The summed E-state index contributed by atoms with van der Waals surface area (Å²) in [5, 5.41) is 3.66. The van der Waals surface area contributed by atoms with E-state index in [-0.39, 0.29) is 24.4 Å². The number of nitrogens with one attached hydrogen (secondary N) is 2. The molecule has 0 bridgehead atoms. The first kappa shape index (κ1) is 29.0. The van der Waals surface area contributed by atoms with E-state index in [4.69, 9.17) is 21.2 Å². The van der Waals surface area contributed by atoms with Crippen molar-refractivity contribution in [1.29, 1.82) is 0 Å². The summed E-state index contributed by atoms with van der Waals surface area (Å²) >= 11 is 0. The number of ether oxygens (including phenoxy) is 2. The van der Waals surface area contributed by atoms with Crippen LogP contribution in [-0.4, -0.2) is 30.2 Å². The van der Waals surface area contributed by atoms with Crippen molar-refractivity contribution in [2.24, 2.45) is 16.8 Å². The largest absolute Gasteiger partial charge is 0.493 e. The molecule has 0 saturated heterocycles. The summed E-state index contributed by atoms with van der Waals surface area (Å²) in [7, 11) is 0. The number of pyridine rings is 1. The van der Waals surface area contributed by atoms with Crippen LogP contribution in [0, 0.1) is 0 Å². The van der Waals surface area contributed by atoms with E-state index in [0.717, 1.165) is 5.56 Å². The van der Waals surface area contributed by atoms with Gasteiger partial charge in [0.25, 0.3) is 5.56 Å². The van der Waals surface area contributed by atoms with Gasteiger partial charge in [0.1, 0.15) is 11.5 Å². The predicted octanol–water partition coefficient (Wildman–Crippen LogP) is 5.57. The molecule has 11 heteroatoms. The van der Waals surface area contributed by atoms with E-state index in [1.54, 1.807) is 18.2 Å². The van der Waals surface area contributed by atoms with Crippen LogP contribution in [-0.2, 0) is 0 Å². The van der Waals surface area contributed by atoms with Gasteiger partial charge in [-0.3, -0.25) is 4.79 Å². The van der Waals surface area contributed by atoms with Crippen LogP contribution in [0.2, 0.25) is 0 Å². The third-order valence-electron chi connectivity index (χ3n) is 6.72. The van der Waals surface area contributed by atoms with Crippen LogP contribution in [0.4, 0.5) is 13.2 Å². The van der Waals surface area contributed by atoms with E-state index >= 15 is 0 Å². The van der Waals surface area contributed by atoms with Gasteiger partial charge in [-0.15, -0.1) is 0 Å². The summed E-state index contributed by atoms with van der Waals surface area (Å²) < 4.78 is 48.6. The quantitative estimate of drug-likeness (QED) is 0.0758. The fourth-order valence-electron chi connectivity index (χ4n) is 4.58. The van der Waals surface area contributed by atoms with Gasteiger partial charge < -0.3 is 25.7 Å². The normalized spacial score (nSPS) is 13.8. The Balaban J connectivity index is 1.63. The SMILES string of the molecule is CCOc1cc(OCCCCCC(F)(F)F)ccc1-c1cc(-c2ccc(C3CC3)cc2)c(/C(=N/N)NN)c(=O)[nH]1. The van der Waals surface area contributed by atoms with Crippen LogP contribution in [0.3, 0.4) is 0 Å². The molecule has 214 valence electrons. The van der Waals surface area contributed by atoms with E-state index in [1.807, 2.05) is 25.1 Å². The zero-order valence-corrected chi connectivity index (χ0v) is 22.3. The molecular weight excluding hydrogens is 523 g/mol. The molecule has 1 saturated carbocycles. The van der Waals surface area contributed by atoms with Crippen LogP contribution < -0.4 is 32.1 Å². The number of H-pyrrole nitrogens is 1. The van der Waals surface area contributed by atoms with Crippen LogP contribution in [0.5, 0.6) is 11.5 Å². The van der Waals surface area contributed by atoms with Crippen LogP contribution in [0.15, 0.2) is 58.4 Å². The summed E-state index contributed by atoms with van der Waals surface area (Å²) in [5.41, 5.74) is 5.95. The molecule has 0 radical (unpaired) electrons. The average Bonchev–Trinajstić information content (AvgIpc) is 3.78. The van der Waals surface area contributed by atoms with E-state index in [9.17, 15) is 18.0 Å². The number of hydrogen-bond donors (Lipinski definition) is 4. The number of aromatic amines is 1. The van der Waals surface area contributed by atoms with Crippen LogP contribution in [0.25, 0.3) is 22.4 Å². The number of hydrazine groups is 1. The first-order chi connectivity index (χ1) is 19.2. The molecule has 0 aliphatic heterocycles. The number of hydrogen-bond acceptors (Lipinski definition) is 6. The lowest BCUT2D eigenvalue weighted by molar-refractivity contribution is -0.135. The number of nitrogens with zero attached hydrogens (tertiary/aromatic N) is 1. The lowest BCUT2D eigenvalue weighted by Gasteiger charge is -2.16. The van der Waals surface area contributed by atoms with Crippen LogP contribution in [0.1, 0.15) is 62.5 Å². The second-order valence-electron chi connectivity index (χ2n) is 9.68. The highest BCUT2D eigenvalue weighted by molar-refractivity contribution is 6.04. The van der Waals surface area contributed by atoms with Crippen molar-refractivity contribution in [3.05, 3.63) is 70.0 Å². The Morgan fingerprint density at radius 3 is 2.42 bits per heavy atom. The first-order valence-electron chi connectivity index (χ1n) is 13.3. The molecule has 2 aromatic carbocycles. The minimum absolute atomic E-state index is 0.0399. The summed E-state index contributed by atoms with van der Waals surface area (Å²) in [6, 6.07) is 15.1. The van der Waals surface area contributed by atoms with Crippen molar-refractivity contribution in [2.45, 2.75) is 57.5 Å². The average molecular weight is 558 g/mol. The number of unbranched alkanes of at least 4 members (excludes halogenated alkanes) is 2. The maximum atomic E-state index is 13.4. The first-order valence-corrected chi connectivity index (χ1v) is 13.3. The lowest BCUT2D eigenvalue weighted by Crippen LogP contribution is -2.36. The molecule has 8 nitrogen and oxygen atoms in total. The molecule has 1 aliphatic rings. The van der Waals surface area contributed by atoms with E-state index in [2.05, 4.69) is 27.6 Å². The minimum atomic E-state index is -4.14. The third-order valence-corrected chi connectivity index (χ3v) is 6.72. The van der Waals surface area contributed by atoms with E-state index in [0.29, 0.717) is 53.7 Å². The van der Waals surface area contributed by atoms with Crippen molar-refractivity contribution in [3.8, 4) is 33.9 Å². The van der Waals surface area contributed by atoms with Gasteiger partial charge >= 0.3 is 6.18 Å². The maximum absolute atomic E-state index is 13.4. The number of alkyl halides is 3. The molecule has 4 rings (SSSR count). The van der Waals surface area contributed by atoms with Crippen molar-refractivity contribution < 1.29 is 22.6 Å². The zero-order chi connectivity index (χ0) is 28.7. The Morgan fingerprint density at radius 1 is 1.05 bits per heavy atom. The molecule has 0 atom stereocenters. The van der Waals surface area contributed by atoms with Crippen molar-refractivity contribution in [1.82, 2.24) is 10.4 Å². The molecule has 0 spiro atoms. The summed E-state index contributed by atoms with van der Waals surface area (Å²) in [4.78, 5) is 16.2. The highest BCUT2D eigenvalue weighted by Crippen LogP contribution is 2.41. The topological polar surface area (TPSA) is 128 Å². The Kier molecular flexibility index (Phi) is 9.36. The standard InChI is InChI=1S/C29H34F3N5O3/c1-2-39-25-16-21(40-15-5-3-4-14-29(30,31)32)12-13-22(25)24-17-23(26(28(38)35-24)27(36-33)37-34)20-10-8-19(9-11-20)18-6-7-18/h8-13,16-18H,2-7,14-15,33-34H2,1H3,(H,35,38)(H,36,37). The highest BCUT2D eigenvalue weighted by atomic mass is 19.4. The van der Waals surface area contributed by atoms with Gasteiger partial charge in [0, 0.05) is 23.6 Å². The third kappa shape index (κ3) is 7.35. The number of rotatable bonds is 12. The summed E-state index contributed by atoms with van der Waals surface area (Å²) in [6.07, 6.45) is -1.58. The van der Waals surface area contributed by atoms with E-state index < -0.39 is 18.2 Å². The van der Waals surface area contributed by atoms with Crippen molar-refractivity contribution in [3.63, 3.8) is 0 Å². The molecule has 40 heavy (non-hydrogen) atoms.